The van der Waals surface area contributed by atoms with E-state index in [-0.39, 0.29) is 30.4 Å². The smallest absolute Gasteiger partial charge is 0.410 e. The third kappa shape index (κ3) is 8.22. The van der Waals surface area contributed by atoms with Gasteiger partial charge in [0.1, 0.15) is 12.2 Å². The summed E-state index contributed by atoms with van der Waals surface area (Å²) in [4.78, 5) is 28.6. The normalized spacial score (nSPS) is 17.0. The molecular formula is C23H36N2O5. The molecule has 168 valence electrons. The van der Waals surface area contributed by atoms with Crippen LogP contribution in [0.2, 0.25) is 0 Å². The van der Waals surface area contributed by atoms with Crippen molar-refractivity contribution in [3.05, 3.63) is 35.9 Å². The zero-order chi connectivity index (χ0) is 22.4. The first-order chi connectivity index (χ1) is 13.9. The molecule has 7 heteroatoms. The van der Waals surface area contributed by atoms with E-state index in [1.54, 1.807) is 9.80 Å². The number of amides is 2. The molecule has 2 rings (SSSR count). The van der Waals surface area contributed by atoms with Gasteiger partial charge in [-0.3, -0.25) is 0 Å². The Morgan fingerprint density at radius 2 is 1.73 bits per heavy atom. The molecule has 0 spiro atoms. The maximum Gasteiger partial charge on any atom is 0.410 e. The Hall–Kier alpha value is -2.28. The molecule has 0 N–H and O–H groups in total. The lowest BCUT2D eigenvalue weighted by Gasteiger charge is -2.32. The van der Waals surface area contributed by atoms with Gasteiger partial charge in [0.25, 0.3) is 0 Å². The maximum atomic E-state index is 12.8. The molecule has 0 aliphatic carbocycles. The molecule has 2 amide bonds. The van der Waals surface area contributed by atoms with E-state index < -0.39 is 5.60 Å². The molecule has 1 atom stereocenters. The standard InChI is InChI=1S/C23H36N2O5/c1-22(2,3)29-15-14-25(21(27)30-23(4,5)6)19-12-13-24(16-19)20(26)28-17-18-10-8-7-9-11-18/h7-11,19H,12-17H2,1-6H3/t19-/m0/s1. The molecule has 0 radical (unpaired) electrons. The predicted molar refractivity (Wildman–Crippen MR) is 115 cm³/mol. The molecule has 1 fully saturated rings. The van der Waals surface area contributed by atoms with Crippen molar-refractivity contribution in [3.8, 4) is 0 Å². The second-order valence-electron chi connectivity index (χ2n) is 9.56. The van der Waals surface area contributed by atoms with Gasteiger partial charge in [-0.05, 0) is 53.5 Å². The molecule has 30 heavy (non-hydrogen) atoms. The van der Waals surface area contributed by atoms with Crippen LogP contribution in [0, 0.1) is 0 Å². The molecule has 0 bridgehead atoms. The molecule has 1 heterocycles. The van der Waals surface area contributed by atoms with Crippen LogP contribution in [0.4, 0.5) is 9.59 Å². The third-order valence-corrected chi connectivity index (χ3v) is 4.56. The molecule has 0 saturated carbocycles. The van der Waals surface area contributed by atoms with E-state index in [9.17, 15) is 9.59 Å². The van der Waals surface area contributed by atoms with E-state index in [1.165, 1.54) is 0 Å². The first-order valence-electron chi connectivity index (χ1n) is 10.5. The van der Waals surface area contributed by atoms with Crippen LogP contribution in [-0.2, 0) is 20.8 Å². The molecule has 1 saturated heterocycles. The highest BCUT2D eigenvalue weighted by atomic mass is 16.6. The average molecular weight is 421 g/mol. The number of ether oxygens (including phenoxy) is 3. The lowest BCUT2D eigenvalue weighted by Crippen LogP contribution is -2.47. The summed E-state index contributed by atoms with van der Waals surface area (Å²) in [5.41, 5.74) is 0.0617. The van der Waals surface area contributed by atoms with Gasteiger partial charge < -0.3 is 24.0 Å². The average Bonchev–Trinajstić information content (AvgIpc) is 3.11. The summed E-state index contributed by atoms with van der Waals surface area (Å²) >= 11 is 0. The van der Waals surface area contributed by atoms with E-state index in [4.69, 9.17) is 14.2 Å². The third-order valence-electron chi connectivity index (χ3n) is 4.56. The van der Waals surface area contributed by atoms with Gasteiger partial charge in [0, 0.05) is 19.6 Å². The molecule has 0 unspecified atom stereocenters. The lowest BCUT2D eigenvalue weighted by atomic mass is 10.2. The highest BCUT2D eigenvalue weighted by Crippen LogP contribution is 2.20. The monoisotopic (exact) mass is 420 g/mol. The Labute approximate surface area is 180 Å². The van der Waals surface area contributed by atoms with Gasteiger partial charge >= 0.3 is 12.2 Å². The molecule has 1 aromatic rings. The summed E-state index contributed by atoms with van der Waals surface area (Å²) in [5, 5.41) is 0. The van der Waals surface area contributed by atoms with Crippen molar-refractivity contribution in [2.45, 2.75) is 71.8 Å². The number of nitrogens with zero attached hydrogens (tertiary/aromatic N) is 2. The number of likely N-dealkylation sites (tertiary alicyclic amines) is 1. The Kier molecular flexibility index (Phi) is 8.12. The van der Waals surface area contributed by atoms with Crippen molar-refractivity contribution in [1.82, 2.24) is 9.80 Å². The van der Waals surface area contributed by atoms with Crippen LogP contribution in [0.3, 0.4) is 0 Å². The van der Waals surface area contributed by atoms with Crippen LogP contribution in [-0.4, -0.2) is 65.5 Å². The summed E-state index contributed by atoms with van der Waals surface area (Å²) in [6, 6.07) is 9.44. The van der Waals surface area contributed by atoms with Crippen molar-refractivity contribution in [2.75, 3.05) is 26.2 Å². The molecule has 1 aliphatic heterocycles. The minimum absolute atomic E-state index is 0.132. The number of carbonyl (C=O) groups is 2. The SMILES string of the molecule is CC(C)(C)OCCN(C(=O)OC(C)(C)C)[C@H]1CCN(C(=O)OCc2ccccc2)C1. The molecule has 1 aliphatic rings. The van der Waals surface area contributed by atoms with E-state index >= 15 is 0 Å². The van der Waals surface area contributed by atoms with E-state index in [1.807, 2.05) is 71.9 Å². The summed E-state index contributed by atoms with van der Waals surface area (Å²) in [5.74, 6) is 0. The van der Waals surface area contributed by atoms with E-state index in [0.717, 1.165) is 5.56 Å². The van der Waals surface area contributed by atoms with Crippen molar-refractivity contribution >= 4 is 12.2 Å². The van der Waals surface area contributed by atoms with Crippen LogP contribution in [0.5, 0.6) is 0 Å². The lowest BCUT2D eigenvalue weighted by molar-refractivity contribution is -0.0267. The highest BCUT2D eigenvalue weighted by Gasteiger charge is 2.35. The zero-order valence-corrected chi connectivity index (χ0v) is 19.1. The number of rotatable bonds is 6. The highest BCUT2D eigenvalue weighted by molar-refractivity contribution is 5.70. The largest absolute Gasteiger partial charge is 0.445 e. The van der Waals surface area contributed by atoms with Crippen molar-refractivity contribution in [1.29, 1.82) is 0 Å². The van der Waals surface area contributed by atoms with Gasteiger partial charge in [-0.15, -0.1) is 0 Å². The fourth-order valence-electron chi connectivity index (χ4n) is 3.17. The first-order valence-corrected chi connectivity index (χ1v) is 10.5. The fourth-order valence-corrected chi connectivity index (χ4v) is 3.17. The van der Waals surface area contributed by atoms with Crippen LogP contribution >= 0.6 is 0 Å². The van der Waals surface area contributed by atoms with Gasteiger partial charge in [0.2, 0.25) is 0 Å². The number of hydrogen-bond donors (Lipinski definition) is 0. The molecule has 1 aromatic carbocycles. The Bertz CT molecular complexity index is 694. The number of benzene rings is 1. The van der Waals surface area contributed by atoms with E-state index in [0.29, 0.717) is 32.7 Å². The van der Waals surface area contributed by atoms with Crippen LogP contribution in [0.1, 0.15) is 53.5 Å². The van der Waals surface area contributed by atoms with E-state index in [2.05, 4.69) is 0 Å². The van der Waals surface area contributed by atoms with Crippen molar-refractivity contribution in [2.24, 2.45) is 0 Å². The fraction of sp³-hybridized carbons (Fsp3) is 0.652. The second kappa shape index (κ2) is 10.2. The Balaban J connectivity index is 1.95. The minimum Gasteiger partial charge on any atom is -0.445 e. The summed E-state index contributed by atoms with van der Waals surface area (Å²) in [6.07, 6.45) is -0.0733. The Morgan fingerprint density at radius 1 is 1.07 bits per heavy atom. The second-order valence-corrected chi connectivity index (χ2v) is 9.56. The quantitative estimate of drug-likeness (QED) is 0.680. The topological polar surface area (TPSA) is 68.3 Å². The molecule has 7 nitrogen and oxygen atoms in total. The van der Waals surface area contributed by atoms with Crippen molar-refractivity contribution < 1.29 is 23.8 Å². The van der Waals surface area contributed by atoms with Gasteiger partial charge in [-0.1, -0.05) is 30.3 Å². The van der Waals surface area contributed by atoms with Gasteiger partial charge in [-0.2, -0.15) is 0 Å². The predicted octanol–water partition coefficient (Wildman–Crippen LogP) is 4.45. The van der Waals surface area contributed by atoms with Gasteiger partial charge in [0.05, 0.1) is 18.2 Å². The maximum absolute atomic E-state index is 12.8. The van der Waals surface area contributed by atoms with Gasteiger partial charge in [-0.25, -0.2) is 9.59 Å². The number of hydrogen-bond acceptors (Lipinski definition) is 5. The minimum atomic E-state index is -0.590. The number of carbonyl (C=O) groups excluding carboxylic acids is 2. The Morgan fingerprint density at radius 3 is 2.33 bits per heavy atom. The van der Waals surface area contributed by atoms with Crippen LogP contribution in [0.25, 0.3) is 0 Å². The van der Waals surface area contributed by atoms with Crippen LogP contribution in [0.15, 0.2) is 30.3 Å². The molecule has 0 aromatic heterocycles. The van der Waals surface area contributed by atoms with Crippen molar-refractivity contribution in [3.63, 3.8) is 0 Å². The zero-order valence-electron chi connectivity index (χ0n) is 19.1. The summed E-state index contributed by atoms with van der Waals surface area (Å²) in [7, 11) is 0. The summed E-state index contributed by atoms with van der Waals surface area (Å²) < 4.78 is 16.8. The molecular weight excluding hydrogens is 384 g/mol. The summed E-state index contributed by atoms with van der Waals surface area (Å²) in [6.45, 7) is 13.5. The first kappa shape index (κ1) is 24.0. The van der Waals surface area contributed by atoms with Crippen LogP contribution < -0.4 is 0 Å². The van der Waals surface area contributed by atoms with Gasteiger partial charge in [0.15, 0.2) is 0 Å².